The molecule has 0 radical (unpaired) electrons. The minimum absolute atomic E-state index is 0.0131. The highest BCUT2D eigenvalue weighted by Gasteiger charge is 2.05. The predicted molar refractivity (Wildman–Crippen MR) is 77.8 cm³/mol. The molecule has 2 rings (SSSR count). The lowest BCUT2D eigenvalue weighted by Crippen LogP contribution is -1.95. The Bertz CT molecular complexity index is 555. The Morgan fingerprint density at radius 3 is 2.53 bits per heavy atom. The minimum Gasteiger partial charge on any atom is -0.340 e. The van der Waals surface area contributed by atoms with Gasteiger partial charge in [0.2, 0.25) is 0 Å². The lowest BCUT2D eigenvalue weighted by atomic mass is 10.2. The number of rotatable bonds is 5. The summed E-state index contributed by atoms with van der Waals surface area (Å²) in [7, 11) is 0. The Kier molecular flexibility index (Phi) is 4.35. The smallest absolute Gasteiger partial charge is 0.287 e. The molecule has 0 atom stereocenters. The summed E-state index contributed by atoms with van der Waals surface area (Å²) in [4.78, 5) is 14.0. The third-order valence-electron chi connectivity index (χ3n) is 2.50. The van der Waals surface area contributed by atoms with Gasteiger partial charge in [0, 0.05) is 17.5 Å². The van der Waals surface area contributed by atoms with Gasteiger partial charge in [0.1, 0.15) is 12.0 Å². The number of nitrogens with zero attached hydrogens (tertiary/aromatic N) is 2. The Morgan fingerprint density at radius 1 is 1.26 bits per heavy atom. The maximum Gasteiger partial charge on any atom is 0.287 e. The van der Waals surface area contributed by atoms with Crippen molar-refractivity contribution >= 4 is 29.0 Å². The van der Waals surface area contributed by atoms with Crippen LogP contribution in [0.3, 0.4) is 0 Å². The van der Waals surface area contributed by atoms with Crippen molar-refractivity contribution in [1.82, 2.24) is 4.98 Å². The molecule has 6 heteroatoms. The molecule has 0 fully saturated rings. The molecule has 0 saturated carbocycles. The van der Waals surface area contributed by atoms with Gasteiger partial charge in [-0.1, -0.05) is 12.1 Å². The second-order valence-electron chi connectivity index (χ2n) is 3.91. The molecular formula is C13H13N3O2S. The van der Waals surface area contributed by atoms with Gasteiger partial charge in [-0.3, -0.25) is 10.1 Å². The molecule has 19 heavy (non-hydrogen) atoms. The summed E-state index contributed by atoms with van der Waals surface area (Å²) in [6, 6.07) is 11.0. The molecule has 2 aromatic rings. The van der Waals surface area contributed by atoms with Crippen LogP contribution in [0.15, 0.2) is 42.6 Å². The first-order chi connectivity index (χ1) is 9.19. The van der Waals surface area contributed by atoms with E-state index in [1.807, 2.05) is 24.3 Å². The SMILES string of the molecule is CSCc1ccc(Nc2ccc([N+](=O)[O-])cn2)cc1. The molecule has 0 aliphatic rings. The van der Waals surface area contributed by atoms with E-state index in [0.717, 1.165) is 11.4 Å². The molecule has 5 nitrogen and oxygen atoms in total. The summed E-state index contributed by atoms with van der Waals surface area (Å²) < 4.78 is 0. The maximum atomic E-state index is 10.5. The third-order valence-corrected chi connectivity index (χ3v) is 3.12. The predicted octanol–water partition coefficient (Wildman–Crippen LogP) is 3.60. The van der Waals surface area contributed by atoms with E-state index in [0.29, 0.717) is 5.82 Å². The average Bonchev–Trinajstić information content (AvgIpc) is 2.42. The van der Waals surface area contributed by atoms with Crippen molar-refractivity contribution in [3.05, 3.63) is 58.3 Å². The van der Waals surface area contributed by atoms with Gasteiger partial charge in [0.25, 0.3) is 5.69 Å². The van der Waals surface area contributed by atoms with E-state index in [1.54, 1.807) is 17.8 Å². The standard InChI is InChI=1S/C13H13N3O2S/c1-19-9-10-2-4-11(5-3-10)15-13-7-6-12(8-14-13)16(17)18/h2-8H,9H2,1H3,(H,14,15). The minimum atomic E-state index is -0.464. The van der Waals surface area contributed by atoms with Crippen LogP contribution in [0.4, 0.5) is 17.2 Å². The van der Waals surface area contributed by atoms with Crippen molar-refractivity contribution in [3.63, 3.8) is 0 Å². The summed E-state index contributed by atoms with van der Waals surface area (Å²) >= 11 is 1.77. The summed E-state index contributed by atoms with van der Waals surface area (Å²) in [6.07, 6.45) is 3.30. The van der Waals surface area contributed by atoms with Gasteiger partial charge in [-0.25, -0.2) is 4.98 Å². The molecule has 0 bridgehead atoms. The van der Waals surface area contributed by atoms with Crippen LogP contribution in [-0.2, 0) is 5.75 Å². The van der Waals surface area contributed by atoms with E-state index in [4.69, 9.17) is 0 Å². The van der Waals surface area contributed by atoms with Crippen molar-refractivity contribution in [2.75, 3.05) is 11.6 Å². The lowest BCUT2D eigenvalue weighted by molar-refractivity contribution is -0.385. The first-order valence-electron chi connectivity index (χ1n) is 5.64. The number of pyridine rings is 1. The zero-order valence-corrected chi connectivity index (χ0v) is 11.2. The molecular weight excluding hydrogens is 262 g/mol. The molecule has 0 unspecified atom stereocenters. The van der Waals surface area contributed by atoms with Gasteiger partial charge in [-0.05, 0) is 30.0 Å². The van der Waals surface area contributed by atoms with E-state index < -0.39 is 4.92 Å². The van der Waals surface area contributed by atoms with Crippen molar-refractivity contribution in [2.45, 2.75) is 5.75 Å². The maximum absolute atomic E-state index is 10.5. The summed E-state index contributed by atoms with van der Waals surface area (Å²) in [5.41, 5.74) is 2.15. The molecule has 1 N–H and O–H groups in total. The molecule has 0 aliphatic heterocycles. The molecule has 1 heterocycles. The zero-order chi connectivity index (χ0) is 13.7. The summed E-state index contributed by atoms with van der Waals surface area (Å²) in [5.74, 6) is 1.57. The number of hydrogen-bond donors (Lipinski definition) is 1. The van der Waals surface area contributed by atoms with E-state index in [1.165, 1.54) is 17.8 Å². The summed E-state index contributed by atoms with van der Waals surface area (Å²) in [6.45, 7) is 0. The van der Waals surface area contributed by atoms with Crippen LogP contribution in [0.1, 0.15) is 5.56 Å². The van der Waals surface area contributed by atoms with Crippen molar-refractivity contribution in [2.24, 2.45) is 0 Å². The molecule has 98 valence electrons. The van der Waals surface area contributed by atoms with Crippen LogP contribution >= 0.6 is 11.8 Å². The van der Waals surface area contributed by atoms with E-state index in [-0.39, 0.29) is 5.69 Å². The number of hydrogen-bond acceptors (Lipinski definition) is 5. The van der Waals surface area contributed by atoms with Crippen molar-refractivity contribution < 1.29 is 4.92 Å². The highest BCUT2D eigenvalue weighted by molar-refractivity contribution is 7.97. The van der Waals surface area contributed by atoms with Gasteiger partial charge >= 0.3 is 0 Å². The quantitative estimate of drug-likeness (QED) is 0.667. The number of nitrogens with one attached hydrogen (secondary N) is 1. The lowest BCUT2D eigenvalue weighted by Gasteiger charge is -2.06. The fourth-order valence-corrected chi connectivity index (χ4v) is 2.09. The number of nitro groups is 1. The molecule has 0 amide bonds. The Balaban J connectivity index is 2.06. The highest BCUT2D eigenvalue weighted by Crippen LogP contribution is 2.18. The number of thioether (sulfide) groups is 1. The molecule has 0 aliphatic carbocycles. The third kappa shape index (κ3) is 3.69. The van der Waals surface area contributed by atoms with Crippen LogP contribution in [0.2, 0.25) is 0 Å². The Labute approximate surface area is 115 Å². The number of aromatic nitrogens is 1. The van der Waals surface area contributed by atoms with Crippen LogP contribution in [0.5, 0.6) is 0 Å². The number of benzene rings is 1. The van der Waals surface area contributed by atoms with Crippen LogP contribution in [0, 0.1) is 10.1 Å². The average molecular weight is 275 g/mol. The van der Waals surface area contributed by atoms with Crippen LogP contribution < -0.4 is 5.32 Å². The Morgan fingerprint density at radius 2 is 2.00 bits per heavy atom. The first kappa shape index (κ1) is 13.4. The fraction of sp³-hybridized carbons (Fsp3) is 0.154. The molecule has 1 aromatic heterocycles. The molecule has 1 aromatic carbocycles. The largest absolute Gasteiger partial charge is 0.340 e. The van der Waals surface area contributed by atoms with E-state index >= 15 is 0 Å². The zero-order valence-electron chi connectivity index (χ0n) is 10.4. The monoisotopic (exact) mass is 275 g/mol. The topological polar surface area (TPSA) is 68.1 Å². The van der Waals surface area contributed by atoms with Crippen molar-refractivity contribution in [3.8, 4) is 0 Å². The van der Waals surface area contributed by atoms with Gasteiger partial charge in [0.05, 0.1) is 4.92 Å². The highest BCUT2D eigenvalue weighted by atomic mass is 32.2. The van der Waals surface area contributed by atoms with E-state index in [2.05, 4.69) is 16.6 Å². The van der Waals surface area contributed by atoms with Gasteiger partial charge in [-0.2, -0.15) is 11.8 Å². The normalized spacial score (nSPS) is 10.2. The van der Waals surface area contributed by atoms with E-state index in [9.17, 15) is 10.1 Å². The van der Waals surface area contributed by atoms with Crippen LogP contribution in [-0.4, -0.2) is 16.2 Å². The van der Waals surface area contributed by atoms with Crippen LogP contribution in [0.25, 0.3) is 0 Å². The number of anilines is 2. The second-order valence-corrected chi connectivity index (χ2v) is 4.78. The Hall–Kier alpha value is -2.08. The van der Waals surface area contributed by atoms with Gasteiger partial charge in [0.15, 0.2) is 0 Å². The van der Waals surface area contributed by atoms with Gasteiger partial charge < -0.3 is 5.32 Å². The molecule has 0 saturated heterocycles. The molecule has 0 spiro atoms. The van der Waals surface area contributed by atoms with Crippen molar-refractivity contribution in [1.29, 1.82) is 0 Å². The fourth-order valence-electron chi connectivity index (χ4n) is 1.57. The second kappa shape index (κ2) is 6.19. The van der Waals surface area contributed by atoms with Gasteiger partial charge in [-0.15, -0.1) is 0 Å². The first-order valence-corrected chi connectivity index (χ1v) is 7.04. The summed E-state index contributed by atoms with van der Waals surface area (Å²) in [5, 5.41) is 13.6.